The third-order valence-electron chi connectivity index (χ3n) is 4.10. The zero-order valence-corrected chi connectivity index (χ0v) is 17.9. The third kappa shape index (κ3) is 5.85. The van der Waals surface area contributed by atoms with Gasteiger partial charge in [-0.2, -0.15) is 18.6 Å². The Morgan fingerprint density at radius 3 is 2.61 bits per heavy atom. The molecule has 1 amide bonds. The zero-order chi connectivity index (χ0) is 22.5. The monoisotopic (exact) mass is 490 g/mol. The Balaban J connectivity index is 1.68. The molecular formula is C19H15Cl2F3N4O2S. The highest BCUT2D eigenvalue weighted by Crippen LogP contribution is 2.30. The first-order chi connectivity index (χ1) is 14.8. The van der Waals surface area contributed by atoms with E-state index < -0.39 is 12.4 Å². The molecule has 0 atom stereocenters. The number of hydrogen-bond acceptors (Lipinski definition) is 5. The lowest BCUT2D eigenvalue weighted by Gasteiger charge is -2.13. The summed E-state index contributed by atoms with van der Waals surface area (Å²) in [6, 6.07) is 8.64. The minimum atomic E-state index is -2.90. The summed E-state index contributed by atoms with van der Waals surface area (Å²) >= 11 is 12.7. The molecule has 0 aliphatic carbocycles. The van der Waals surface area contributed by atoms with Crippen molar-refractivity contribution in [1.82, 2.24) is 9.78 Å². The third-order valence-corrected chi connectivity index (χ3v) is 5.35. The number of halogens is 5. The lowest BCUT2D eigenvalue weighted by Crippen LogP contribution is -2.15. The average Bonchev–Trinajstić information content (AvgIpc) is 3.09. The van der Waals surface area contributed by atoms with Crippen molar-refractivity contribution in [1.29, 1.82) is 0 Å². The quantitative estimate of drug-likeness (QED) is 0.410. The van der Waals surface area contributed by atoms with Crippen LogP contribution in [0.2, 0.25) is 10.0 Å². The largest absolute Gasteiger partial charge is 0.472 e. The standard InChI is InChI=1S/C19H15Cl2F3N4O2S/c20-14-6-12(22)3-1-10(14)5-17(29)27-13-4-2-11(16(7-13)31-25)9-30-18-15(21)8-26-28(18)19(23)24/h1-4,6-8,19H,5,9,25H2,(H,27,29). The SMILES string of the molecule is NSc1cc(NC(=O)Cc2ccc(F)cc2Cl)ccc1COc1c(Cl)cnn1C(F)F. The number of benzene rings is 2. The molecule has 0 saturated carbocycles. The van der Waals surface area contributed by atoms with Gasteiger partial charge in [0, 0.05) is 21.2 Å². The van der Waals surface area contributed by atoms with E-state index in [0.29, 0.717) is 26.4 Å². The van der Waals surface area contributed by atoms with Crippen LogP contribution < -0.4 is 15.2 Å². The predicted molar refractivity (Wildman–Crippen MR) is 113 cm³/mol. The number of anilines is 1. The van der Waals surface area contributed by atoms with Gasteiger partial charge in [-0.1, -0.05) is 35.3 Å². The Hall–Kier alpha value is -2.40. The van der Waals surface area contributed by atoms with E-state index in [2.05, 4.69) is 10.4 Å². The molecule has 2 aromatic carbocycles. The minimum Gasteiger partial charge on any atom is -0.472 e. The molecule has 1 heterocycles. The number of nitrogens with zero attached hydrogens (tertiary/aromatic N) is 2. The summed E-state index contributed by atoms with van der Waals surface area (Å²) in [5, 5.41) is 12.0. The molecule has 6 nitrogen and oxygen atoms in total. The Kier molecular flexibility index (Phi) is 7.71. The summed E-state index contributed by atoms with van der Waals surface area (Å²) in [5.74, 6) is -1.12. The lowest BCUT2D eigenvalue weighted by atomic mass is 10.1. The minimum absolute atomic E-state index is 0.0504. The summed E-state index contributed by atoms with van der Waals surface area (Å²) in [4.78, 5) is 12.9. The summed E-state index contributed by atoms with van der Waals surface area (Å²) in [7, 11) is 0. The van der Waals surface area contributed by atoms with Gasteiger partial charge >= 0.3 is 6.55 Å². The van der Waals surface area contributed by atoms with Crippen molar-refractivity contribution >= 4 is 46.7 Å². The molecule has 3 aromatic rings. The van der Waals surface area contributed by atoms with Gasteiger partial charge in [0.15, 0.2) is 0 Å². The van der Waals surface area contributed by atoms with Crippen molar-refractivity contribution in [3.8, 4) is 5.88 Å². The maximum atomic E-state index is 13.1. The summed E-state index contributed by atoms with van der Waals surface area (Å²) in [5.41, 5.74) is 1.52. The highest BCUT2D eigenvalue weighted by Gasteiger charge is 2.18. The second-order valence-electron chi connectivity index (χ2n) is 6.21. The smallest absolute Gasteiger partial charge is 0.336 e. The van der Waals surface area contributed by atoms with Gasteiger partial charge < -0.3 is 10.1 Å². The van der Waals surface area contributed by atoms with Gasteiger partial charge in [0.25, 0.3) is 0 Å². The van der Waals surface area contributed by atoms with Gasteiger partial charge in [-0.05, 0) is 41.8 Å². The molecule has 0 aliphatic rings. The highest BCUT2D eigenvalue weighted by atomic mass is 35.5. The molecule has 0 fully saturated rings. The molecule has 0 spiro atoms. The molecule has 0 unspecified atom stereocenters. The van der Waals surface area contributed by atoms with Crippen molar-refractivity contribution in [2.75, 3.05) is 5.32 Å². The van der Waals surface area contributed by atoms with Gasteiger partial charge in [-0.3, -0.25) is 9.93 Å². The Morgan fingerprint density at radius 1 is 1.19 bits per heavy atom. The van der Waals surface area contributed by atoms with Gasteiger partial charge in [0.2, 0.25) is 11.8 Å². The van der Waals surface area contributed by atoms with Crippen molar-refractivity contribution in [2.24, 2.45) is 5.14 Å². The van der Waals surface area contributed by atoms with Gasteiger partial charge in [-0.25, -0.2) is 4.39 Å². The van der Waals surface area contributed by atoms with Crippen LogP contribution in [-0.4, -0.2) is 15.7 Å². The Bertz CT molecular complexity index is 1100. The number of carbonyl (C=O) groups is 1. The zero-order valence-electron chi connectivity index (χ0n) is 15.6. The fourth-order valence-corrected chi connectivity index (χ4v) is 3.55. The second kappa shape index (κ2) is 10.3. The van der Waals surface area contributed by atoms with Crippen LogP contribution >= 0.6 is 35.1 Å². The first-order valence-electron chi connectivity index (χ1n) is 8.66. The molecular weight excluding hydrogens is 476 g/mol. The van der Waals surface area contributed by atoms with Crippen LogP contribution in [0.4, 0.5) is 18.9 Å². The van der Waals surface area contributed by atoms with Gasteiger partial charge in [-0.15, -0.1) is 0 Å². The number of amides is 1. The van der Waals surface area contributed by atoms with E-state index in [1.807, 2.05) is 0 Å². The maximum Gasteiger partial charge on any atom is 0.336 e. The second-order valence-corrected chi connectivity index (χ2v) is 7.70. The summed E-state index contributed by atoms with van der Waals surface area (Å²) in [6.45, 7) is -3.00. The van der Waals surface area contributed by atoms with E-state index in [0.717, 1.165) is 24.2 Å². The van der Waals surface area contributed by atoms with Crippen molar-refractivity contribution < 1.29 is 22.7 Å². The molecule has 0 bridgehead atoms. The van der Waals surface area contributed by atoms with Crippen LogP contribution in [0.3, 0.4) is 0 Å². The van der Waals surface area contributed by atoms with E-state index in [4.69, 9.17) is 33.1 Å². The highest BCUT2D eigenvalue weighted by molar-refractivity contribution is 7.97. The summed E-state index contributed by atoms with van der Waals surface area (Å²) < 4.78 is 44.8. The number of carbonyl (C=O) groups excluding carboxylic acids is 1. The van der Waals surface area contributed by atoms with Crippen LogP contribution in [0.15, 0.2) is 47.5 Å². The van der Waals surface area contributed by atoms with Crippen LogP contribution in [0, 0.1) is 5.82 Å². The molecule has 1 aromatic heterocycles. The molecule has 31 heavy (non-hydrogen) atoms. The van der Waals surface area contributed by atoms with E-state index in [9.17, 15) is 18.0 Å². The first-order valence-corrected chi connectivity index (χ1v) is 10.3. The average molecular weight is 491 g/mol. The maximum absolute atomic E-state index is 13.1. The van der Waals surface area contributed by atoms with Crippen LogP contribution in [-0.2, 0) is 17.8 Å². The normalized spacial score (nSPS) is 11.1. The number of rotatable bonds is 8. The van der Waals surface area contributed by atoms with Gasteiger partial charge in [0.1, 0.15) is 17.4 Å². The van der Waals surface area contributed by atoms with E-state index >= 15 is 0 Å². The number of nitrogens with two attached hydrogens (primary N) is 1. The number of nitrogens with one attached hydrogen (secondary N) is 1. The fraction of sp³-hybridized carbons (Fsp3) is 0.158. The molecule has 12 heteroatoms. The molecule has 0 radical (unpaired) electrons. The van der Waals surface area contributed by atoms with Crippen LogP contribution in [0.1, 0.15) is 17.7 Å². The number of alkyl halides is 2. The molecule has 0 saturated heterocycles. The fourth-order valence-electron chi connectivity index (χ4n) is 2.65. The van der Waals surface area contributed by atoms with E-state index in [1.165, 1.54) is 12.1 Å². The van der Waals surface area contributed by atoms with Crippen LogP contribution in [0.5, 0.6) is 5.88 Å². The van der Waals surface area contributed by atoms with Crippen molar-refractivity contribution in [3.63, 3.8) is 0 Å². The number of ether oxygens (including phenoxy) is 1. The Labute approximate surface area is 189 Å². The van der Waals surface area contributed by atoms with Crippen LogP contribution in [0.25, 0.3) is 0 Å². The molecule has 3 N–H and O–H groups in total. The number of aromatic nitrogens is 2. The Morgan fingerprint density at radius 2 is 1.94 bits per heavy atom. The van der Waals surface area contributed by atoms with E-state index in [1.54, 1.807) is 18.2 Å². The molecule has 164 valence electrons. The van der Waals surface area contributed by atoms with E-state index in [-0.39, 0.29) is 34.9 Å². The van der Waals surface area contributed by atoms with Crippen molar-refractivity contribution in [2.45, 2.75) is 24.5 Å². The lowest BCUT2D eigenvalue weighted by molar-refractivity contribution is -0.115. The predicted octanol–water partition coefficient (Wildman–Crippen LogP) is 5.45. The molecule has 0 aliphatic heterocycles. The first kappa shape index (κ1) is 23.3. The molecule has 3 rings (SSSR count). The van der Waals surface area contributed by atoms with Gasteiger partial charge in [0.05, 0.1) is 12.6 Å². The van der Waals surface area contributed by atoms with Crippen molar-refractivity contribution in [3.05, 3.63) is 69.6 Å². The summed E-state index contributed by atoms with van der Waals surface area (Å²) in [6.07, 6.45) is 1.01. The number of hydrogen-bond donors (Lipinski definition) is 2. The topological polar surface area (TPSA) is 82.2 Å².